The molecule has 0 spiro atoms. The van der Waals surface area contributed by atoms with Crippen LogP contribution in [0, 0.1) is 0 Å². The number of anilines is 3. The number of amides is 2. The fourth-order valence-electron chi connectivity index (χ4n) is 3.72. The van der Waals surface area contributed by atoms with Crippen LogP contribution in [0.4, 0.5) is 21.9 Å². The Morgan fingerprint density at radius 1 is 0.914 bits per heavy atom. The molecule has 0 aliphatic rings. The summed E-state index contributed by atoms with van der Waals surface area (Å²) in [6.07, 6.45) is -0.671. The average molecular weight is 473 g/mol. The molecule has 0 saturated heterocycles. The summed E-state index contributed by atoms with van der Waals surface area (Å²) >= 11 is 0. The quantitative estimate of drug-likeness (QED) is 0.291. The van der Waals surface area contributed by atoms with Crippen molar-refractivity contribution in [2.24, 2.45) is 0 Å². The lowest BCUT2D eigenvalue weighted by Gasteiger charge is -2.19. The number of carbonyl (C=O) groups excluding carboxylic acids is 2. The number of para-hydroxylation sites is 2. The predicted molar refractivity (Wildman–Crippen MR) is 138 cm³/mol. The summed E-state index contributed by atoms with van der Waals surface area (Å²) in [5.41, 5.74) is 3.73. The minimum absolute atomic E-state index is 0.202. The molecule has 0 atom stereocenters. The van der Waals surface area contributed by atoms with Crippen LogP contribution in [0.1, 0.15) is 26.3 Å². The highest BCUT2D eigenvalue weighted by Gasteiger charge is 2.17. The molecule has 1 aromatic heterocycles. The molecule has 180 valence electrons. The van der Waals surface area contributed by atoms with E-state index in [1.54, 1.807) is 32.9 Å². The Balaban J connectivity index is 1.59. The Morgan fingerprint density at radius 2 is 1.51 bits per heavy atom. The highest BCUT2D eigenvalue weighted by molar-refractivity contribution is 6.08. The molecular formula is C27H28N4O4. The van der Waals surface area contributed by atoms with Crippen LogP contribution in [0.2, 0.25) is 0 Å². The van der Waals surface area contributed by atoms with Gasteiger partial charge < -0.3 is 25.8 Å². The third-order valence-corrected chi connectivity index (χ3v) is 5.11. The maximum absolute atomic E-state index is 12.4. The van der Waals surface area contributed by atoms with Crippen LogP contribution in [0.3, 0.4) is 0 Å². The number of aliphatic hydroxyl groups is 1. The molecule has 3 aromatic carbocycles. The summed E-state index contributed by atoms with van der Waals surface area (Å²) in [4.78, 5) is 29.0. The number of rotatable bonds is 6. The summed E-state index contributed by atoms with van der Waals surface area (Å²) in [5.74, 6) is -0.420. The third-order valence-electron chi connectivity index (χ3n) is 5.11. The van der Waals surface area contributed by atoms with Gasteiger partial charge in [0.05, 0.1) is 23.3 Å². The molecule has 8 heteroatoms. The zero-order chi connectivity index (χ0) is 25.0. The van der Waals surface area contributed by atoms with Crippen molar-refractivity contribution in [3.63, 3.8) is 0 Å². The van der Waals surface area contributed by atoms with Gasteiger partial charge in [-0.3, -0.25) is 4.79 Å². The van der Waals surface area contributed by atoms with Crippen molar-refractivity contribution in [2.75, 3.05) is 17.2 Å². The molecule has 0 radical (unpaired) electrons. The summed E-state index contributed by atoms with van der Waals surface area (Å²) in [6.45, 7) is 4.79. The Hall–Kier alpha value is -4.17. The normalized spacial score (nSPS) is 11.3. The van der Waals surface area contributed by atoms with Crippen LogP contribution in [-0.4, -0.2) is 34.2 Å². The summed E-state index contributed by atoms with van der Waals surface area (Å²) < 4.78 is 5.15. The lowest BCUT2D eigenvalue weighted by Crippen LogP contribution is -2.37. The van der Waals surface area contributed by atoms with Crippen molar-refractivity contribution >= 4 is 50.9 Å². The largest absolute Gasteiger partial charge is 0.444 e. The van der Waals surface area contributed by atoms with Crippen LogP contribution in [0.5, 0.6) is 0 Å². The number of hydrogen-bond donors (Lipinski definition) is 4. The molecule has 4 rings (SSSR count). The SMILES string of the molecule is CC(C)(C)OC(=O)NCC(=O)Nc1cc(CO)cc(Nc2c3ccccc3nc3ccccc23)c1. The number of pyridine rings is 1. The Kier molecular flexibility index (Phi) is 6.84. The van der Waals surface area contributed by atoms with Gasteiger partial charge in [0, 0.05) is 22.1 Å². The lowest BCUT2D eigenvalue weighted by atomic mass is 10.1. The van der Waals surface area contributed by atoms with Crippen molar-refractivity contribution in [2.45, 2.75) is 33.0 Å². The van der Waals surface area contributed by atoms with Gasteiger partial charge in [-0.05, 0) is 56.7 Å². The number of ether oxygens (including phenoxy) is 1. The van der Waals surface area contributed by atoms with Crippen LogP contribution < -0.4 is 16.0 Å². The molecule has 2 amide bonds. The number of benzene rings is 3. The molecule has 4 aromatic rings. The standard InChI is InChI=1S/C27H28N4O4/c1-27(2,3)35-26(34)28-15-24(33)29-18-12-17(16-32)13-19(14-18)30-25-20-8-4-6-10-22(20)31-23-11-7-5-9-21(23)25/h4-14,32H,15-16H2,1-3H3,(H,28,34)(H,29,33)(H,30,31). The topological polar surface area (TPSA) is 113 Å². The predicted octanol–water partition coefficient (Wildman–Crippen LogP) is 5.09. The summed E-state index contributed by atoms with van der Waals surface area (Å²) in [5, 5.41) is 20.4. The van der Waals surface area contributed by atoms with Gasteiger partial charge in [-0.1, -0.05) is 36.4 Å². The fourth-order valence-corrected chi connectivity index (χ4v) is 3.72. The van der Waals surface area contributed by atoms with E-state index >= 15 is 0 Å². The smallest absolute Gasteiger partial charge is 0.408 e. The molecule has 8 nitrogen and oxygen atoms in total. The van der Waals surface area contributed by atoms with Gasteiger partial charge in [0.1, 0.15) is 12.1 Å². The second kappa shape index (κ2) is 9.99. The molecule has 0 fully saturated rings. The van der Waals surface area contributed by atoms with Gasteiger partial charge in [-0.25, -0.2) is 9.78 Å². The summed E-state index contributed by atoms with van der Waals surface area (Å²) in [7, 11) is 0. The first-order chi connectivity index (χ1) is 16.7. The number of aliphatic hydroxyl groups excluding tert-OH is 1. The number of alkyl carbamates (subject to hydrolysis) is 1. The maximum Gasteiger partial charge on any atom is 0.408 e. The summed E-state index contributed by atoms with van der Waals surface area (Å²) in [6, 6.07) is 21.0. The van der Waals surface area contributed by atoms with E-state index in [1.165, 1.54) is 0 Å². The second-order valence-corrected chi connectivity index (χ2v) is 9.13. The van der Waals surface area contributed by atoms with Gasteiger partial charge in [0.2, 0.25) is 5.91 Å². The number of aromatic nitrogens is 1. The molecule has 0 aliphatic heterocycles. The Bertz CT molecular complexity index is 1340. The average Bonchev–Trinajstić information content (AvgIpc) is 2.81. The molecule has 0 aliphatic carbocycles. The Labute approximate surface area is 203 Å². The van der Waals surface area contributed by atoms with E-state index in [2.05, 4.69) is 16.0 Å². The zero-order valence-corrected chi connectivity index (χ0v) is 19.9. The first-order valence-electron chi connectivity index (χ1n) is 11.3. The zero-order valence-electron chi connectivity index (χ0n) is 19.9. The van der Waals surface area contributed by atoms with E-state index in [0.29, 0.717) is 16.9 Å². The van der Waals surface area contributed by atoms with Crippen molar-refractivity contribution in [1.29, 1.82) is 0 Å². The van der Waals surface area contributed by atoms with Crippen LogP contribution in [0.25, 0.3) is 21.8 Å². The highest BCUT2D eigenvalue weighted by atomic mass is 16.6. The first-order valence-corrected chi connectivity index (χ1v) is 11.3. The highest BCUT2D eigenvalue weighted by Crippen LogP contribution is 2.34. The van der Waals surface area contributed by atoms with Gasteiger partial charge in [0.15, 0.2) is 0 Å². The minimum atomic E-state index is -0.671. The van der Waals surface area contributed by atoms with E-state index in [0.717, 1.165) is 27.5 Å². The minimum Gasteiger partial charge on any atom is -0.444 e. The van der Waals surface area contributed by atoms with Crippen LogP contribution in [0.15, 0.2) is 66.7 Å². The van der Waals surface area contributed by atoms with Gasteiger partial charge in [0.25, 0.3) is 0 Å². The molecule has 0 saturated carbocycles. The van der Waals surface area contributed by atoms with Gasteiger partial charge in [-0.2, -0.15) is 0 Å². The number of hydrogen-bond acceptors (Lipinski definition) is 6. The monoisotopic (exact) mass is 472 g/mol. The molecule has 0 bridgehead atoms. The van der Waals surface area contributed by atoms with E-state index in [4.69, 9.17) is 9.72 Å². The molecule has 0 unspecified atom stereocenters. The first kappa shape index (κ1) is 24.0. The van der Waals surface area contributed by atoms with Crippen molar-refractivity contribution in [3.05, 3.63) is 72.3 Å². The number of nitrogens with zero attached hydrogens (tertiary/aromatic N) is 1. The fraction of sp³-hybridized carbons (Fsp3) is 0.222. The van der Waals surface area contributed by atoms with E-state index in [1.807, 2.05) is 54.6 Å². The number of fused-ring (bicyclic) bond motifs is 2. The van der Waals surface area contributed by atoms with Crippen LogP contribution in [-0.2, 0) is 16.1 Å². The number of nitrogens with one attached hydrogen (secondary N) is 3. The number of carbonyl (C=O) groups is 2. The van der Waals surface area contributed by atoms with E-state index in [9.17, 15) is 14.7 Å². The maximum atomic E-state index is 12.4. The van der Waals surface area contributed by atoms with Crippen LogP contribution >= 0.6 is 0 Å². The molecule has 35 heavy (non-hydrogen) atoms. The van der Waals surface area contributed by atoms with Crippen molar-refractivity contribution in [3.8, 4) is 0 Å². The molecule has 1 heterocycles. The molecular weight excluding hydrogens is 444 g/mol. The van der Waals surface area contributed by atoms with Gasteiger partial charge >= 0.3 is 6.09 Å². The lowest BCUT2D eigenvalue weighted by molar-refractivity contribution is -0.115. The third kappa shape index (κ3) is 6.04. The van der Waals surface area contributed by atoms with Gasteiger partial charge in [-0.15, -0.1) is 0 Å². The van der Waals surface area contributed by atoms with E-state index < -0.39 is 17.6 Å². The van der Waals surface area contributed by atoms with Crippen molar-refractivity contribution < 1.29 is 19.4 Å². The van der Waals surface area contributed by atoms with Crippen molar-refractivity contribution in [1.82, 2.24) is 10.3 Å². The Morgan fingerprint density at radius 3 is 2.11 bits per heavy atom. The van der Waals surface area contributed by atoms with E-state index in [-0.39, 0.29) is 13.2 Å². The second-order valence-electron chi connectivity index (χ2n) is 9.13. The molecule has 4 N–H and O–H groups in total.